The van der Waals surface area contributed by atoms with Gasteiger partial charge in [-0.3, -0.25) is 14.6 Å². The Morgan fingerprint density at radius 1 is 1.23 bits per heavy atom. The van der Waals surface area contributed by atoms with Crippen LogP contribution in [0.3, 0.4) is 0 Å². The first-order chi connectivity index (χ1) is 12.5. The lowest BCUT2D eigenvalue weighted by Crippen LogP contribution is -2.40. The van der Waals surface area contributed by atoms with Gasteiger partial charge < -0.3 is 14.3 Å². The maximum Gasteiger partial charge on any atom is 0.332 e. The smallest absolute Gasteiger partial charge is 0.332 e. The summed E-state index contributed by atoms with van der Waals surface area (Å²) in [5.41, 5.74) is 1.73. The summed E-state index contributed by atoms with van der Waals surface area (Å²) < 4.78 is 10.5. The molecule has 1 aromatic carbocycles. The van der Waals surface area contributed by atoms with Gasteiger partial charge in [0.1, 0.15) is 18.4 Å². The molecule has 1 fully saturated rings. The number of carbonyl (C=O) groups excluding carboxylic acids is 2. The van der Waals surface area contributed by atoms with Crippen LogP contribution >= 0.6 is 0 Å². The van der Waals surface area contributed by atoms with Crippen molar-refractivity contribution in [1.82, 2.24) is 4.90 Å². The molecule has 0 radical (unpaired) electrons. The third kappa shape index (κ3) is 3.79. The van der Waals surface area contributed by atoms with E-state index in [9.17, 15) is 14.7 Å². The van der Waals surface area contributed by atoms with Crippen molar-refractivity contribution < 1.29 is 23.8 Å². The van der Waals surface area contributed by atoms with E-state index in [0.29, 0.717) is 11.4 Å². The van der Waals surface area contributed by atoms with Crippen LogP contribution in [-0.4, -0.2) is 47.2 Å². The highest BCUT2D eigenvalue weighted by atomic mass is 16.5. The summed E-state index contributed by atoms with van der Waals surface area (Å²) in [5, 5.41) is 10.1. The molecule has 3 amide bonds. The Balaban J connectivity index is 1.59. The van der Waals surface area contributed by atoms with E-state index < -0.39 is 18.2 Å². The minimum atomic E-state index is -0.969. The van der Waals surface area contributed by atoms with Gasteiger partial charge in [0.25, 0.3) is 5.91 Å². The van der Waals surface area contributed by atoms with Crippen LogP contribution < -0.4 is 4.90 Å². The molecule has 3 rings (SSSR count). The highest BCUT2D eigenvalue weighted by Gasteiger charge is 2.43. The third-order valence-corrected chi connectivity index (χ3v) is 4.29. The molecule has 0 bridgehead atoms. The molecule has 26 heavy (non-hydrogen) atoms. The Labute approximate surface area is 151 Å². The number of furan rings is 1. The van der Waals surface area contributed by atoms with Crippen LogP contribution in [0, 0.1) is 6.92 Å². The second-order valence-electron chi connectivity index (χ2n) is 6.36. The van der Waals surface area contributed by atoms with E-state index in [-0.39, 0.29) is 25.7 Å². The van der Waals surface area contributed by atoms with Crippen molar-refractivity contribution in [2.45, 2.75) is 32.6 Å². The van der Waals surface area contributed by atoms with Crippen molar-refractivity contribution >= 4 is 17.6 Å². The lowest BCUT2D eigenvalue weighted by atomic mass is 10.2. The molecule has 2 heterocycles. The van der Waals surface area contributed by atoms with Gasteiger partial charge in [0.05, 0.1) is 25.5 Å². The number of rotatable bonds is 7. The Morgan fingerprint density at radius 3 is 2.62 bits per heavy atom. The number of hydrogen-bond donors (Lipinski definition) is 1. The van der Waals surface area contributed by atoms with Gasteiger partial charge in [-0.1, -0.05) is 17.7 Å². The molecule has 0 spiro atoms. The number of ether oxygens (including phenoxy) is 1. The Bertz CT molecular complexity index is 757. The van der Waals surface area contributed by atoms with Crippen LogP contribution in [0.4, 0.5) is 10.5 Å². The number of aliphatic hydroxyl groups is 1. The molecular formula is C19H22N2O5. The maximum absolute atomic E-state index is 12.7. The number of nitrogens with zero attached hydrogens (tertiary/aromatic N) is 2. The van der Waals surface area contributed by atoms with Crippen LogP contribution in [0.5, 0.6) is 0 Å². The minimum Gasteiger partial charge on any atom is -0.467 e. The second-order valence-corrected chi connectivity index (χ2v) is 6.36. The number of carbonyl (C=O) groups is 2. The first-order valence-electron chi connectivity index (χ1n) is 8.47. The molecule has 1 aliphatic rings. The molecule has 7 nitrogen and oxygen atoms in total. The molecule has 138 valence electrons. The number of aryl methyl sites for hydroxylation is 1. The first kappa shape index (κ1) is 18.2. The summed E-state index contributed by atoms with van der Waals surface area (Å²) in [6.07, 6.45) is 0.570. The lowest BCUT2D eigenvalue weighted by molar-refractivity contribution is -0.128. The molecule has 2 atom stereocenters. The van der Waals surface area contributed by atoms with Crippen LogP contribution in [0.15, 0.2) is 47.1 Å². The average molecular weight is 358 g/mol. The fourth-order valence-corrected chi connectivity index (χ4v) is 2.89. The zero-order valence-corrected chi connectivity index (χ0v) is 14.8. The summed E-state index contributed by atoms with van der Waals surface area (Å²) in [4.78, 5) is 27.6. The molecule has 0 saturated carbocycles. The Hall–Kier alpha value is -2.64. The van der Waals surface area contributed by atoms with Gasteiger partial charge >= 0.3 is 6.03 Å². The SMILES string of the molecule is Cc1ccc(N2C(=O)N(C[C@@H](O)COCc3ccco3)C(=O)[C@@H]2C)cc1. The normalized spacial score (nSPS) is 18.7. The van der Waals surface area contributed by atoms with Crippen molar-refractivity contribution in [2.24, 2.45) is 0 Å². The van der Waals surface area contributed by atoms with Crippen molar-refractivity contribution in [3.05, 3.63) is 54.0 Å². The molecule has 1 N–H and O–H groups in total. The standard InChI is InChI=1S/C19H22N2O5/c1-13-5-7-15(8-6-13)21-14(2)18(23)20(19(21)24)10-16(22)11-25-12-17-4-3-9-26-17/h3-9,14,16,22H,10-12H2,1-2H3/t14-,16+/m0/s1. The van der Waals surface area contributed by atoms with E-state index in [1.54, 1.807) is 19.1 Å². The maximum atomic E-state index is 12.7. The number of anilines is 1. The molecule has 0 aliphatic carbocycles. The van der Waals surface area contributed by atoms with Gasteiger partial charge in [0.2, 0.25) is 0 Å². The van der Waals surface area contributed by atoms with Crippen molar-refractivity contribution in [2.75, 3.05) is 18.1 Å². The van der Waals surface area contributed by atoms with Gasteiger partial charge in [-0.05, 0) is 38.1 Å². The molecular weight excluding hydrogens is 336 g/mol. The quantitative estimate of drug-likeness (QED) is 0.768. The van der Waals surface area contributed by atoms with Crippen molar-refractivity contribution in [3.63, 3.8) is 0 Å². The number of β-amino-alcohol motifs (C(OH)–C–C–N with tert-alkyl or cyclic N) is 1. The average Bonchev–Trinajstić information content (AvgIpc) is 3.20. The van der Waals surface area contributed by atoms with Crippen LogP contribution in [0.1, 0.15) is 18.2 Å². The van der Waals surface area contributed by atoms with Gasteiger partial charge in [0.15, 0.2) is 0 Å². The van der Waals surface area contributed by atoms with E-state index >= 15 is 0 Å². The molecule has 1 saturated heterocycles. The zero-order valence-electron chi connectivity index (χ0n) is 14.8. The van der Waals surface area contributed by atoms with E-state index in [0.717, 1.165) is 10.5 Å². The zero-order chi connectivity index (χ0) is 18.7. The molecule has 1 aromatic heterocycles. The Kier molecular flexibility index (Phi) is 5.39. The third-order valence-electron chi connectivity index (χ3n) is 4.29. The van der Waals surface area contributed by atoms with Gasteiger partial charge in [-0.25, -0.2) is 4.79 Å². The number of urea groups is 1. The van der Waals surface area contributed by atoms with E-state index in [1.165, 1.54) is 11.2 Å². The van der Waals surface area contributed by atoms with Crippen molar-refractivity contribution in [3.8, 4) is 0 Å². The minimum absolute atomic E-state index is 0.00330. The van der Waals surface area contributed by atoms with E-state index in [2.05, 4.69) is 0 Å². The Morgan fingerprint density at radius 2 is 1.96 bits per heavy atom. The number of amides is 3. The van der Waals surface area contributed by atoms with E-state index in [1.807, 2.05) is 31.2 Å². The van der Waals surface area contributed by atoms with Crippen LogP contribution in [0.2, 0.25) is 0 Å². The lowest BCUT2D eigenvalue weighted by Gasteiger charge is -2.20. The number of hydrogen-bond acceptors (Lipinski definition) is 5. The summed E-state index contributed by atoms with van der Waals surface area (Å²) in [5.74, 6) is 0.311. The molecule has 2 aromatic rings. The van der Waals surface area contributed by atoms with E-state index in [4.69, 9.17) is 9.15 Å². The predicted molar refractivity (Wildman–Crippen MR) is 94.6 cm³/mol. The largest absolute Gasteiger partial charge is 0.467 e. The highest BCUT2D eigenvalue weighted by molar-refractivity contribution is 6.14. The summed E-state index contributed by atoms with van der Waals surface area (Å²) in [6.45, 7) is 3.74. The van der Waals surface area contributed by atoms with Crippen molar-refractivity contribution in [1.29, 1.82) is 0 Å². The molecule has 0 unspecified atom stereocenters. The monoisotopic (exact) mass is 358 g/mol. The summed E-state index contributed by atoms with van der Waals surface area (Å²) in [6, 6.07) is 9.86. The molecule has 7 heteroatoms. The van der Waals surface area contributed by atoms with Crippen LogP contribution in [-0.2, 0) is 16.1 Å². The number of aliphatic hydroxyl groups excluding tert-OH is 1. The number of benzene rings is 1. The first-order valence-corrected chi connectivity index (χ1v) is 8.47. The topological polar surface area (TPSA) is 83.2 Å². The van der Waals surface area contributed by atoms with Gasteiger partial charge in [0, 0.05) is 5.69 Å². The fourth-order valence-electron chi connectivity index (χ4n) is 2.89. The highest BCUT2D eigenvalue weighted by Crippen LogP contribution is 2.26. The second kappa shape index (κ2) is 7.72. The van der Waals surface area contributed by atoms with Gasteiger partial charge in [-0.15, -0.1) is 0 Å². The predicted octanol–water partition coefficient (Wildman–Crippen LogP) is 2.32. The van der Waals surface area contributed by atoms with Gasteiger partial charge in [-0.2, -0.15) is 0 Å². The summed E-state index contributed by atoms with van der Waals surface area (Å²) in [7, 11) is 0. The number of imide groups is 1. The molecule has 1 aliphatic heterocycles. The summed E-state index contributed by atoms with van der Waals surface area (Å²) >= 11 is 0. The fraction of sp³-hybridized carbons (Fsp3) is 0.368. The van der Waals surface area contributed by atoms with Crippen LogP contribution in [0.25, 0.3) is 0 Å².